The maximum atomic E-state index is 11.0. The van der Waals surface area contributed by atoms with Crippen LogP contribution in [0.2, 0.25) is 5.02 Å². The zero-order chi connectivity index (χ0) is 15.2. The molecule has 0 saturated carbocycles. The maximum absolute atomic E-state index is 11.0. The molecule has 3 rings (SSSR count). The van der Waals surface area contributed by atoms with Gasteiger partial charge in [-0.1, -0.05) is 11.6 Å². The Balaban J connectivity index is 2.23. The molecular formula is C14H15ClNO4P. The van der Waals surface area contributed by atoms with E-state index in [-0.39, 0.29) is 0 Å². The van der Waals surface area contributed by atoms with E-state index in [0.29, 0.717) is 22.9 Å². The molecule has 0 spiro atoms. The number of hydrogen-bond donors (Lipinski definition) is 2. The average Bonchev–Trinajstić information content (AvgIpc) is 2.62. The zero-order valence-electron chi connectivity index (χ0n) is 11.4. The highest BCUT2D eigenvalue weighted by Crippen LogP contribution is 2.40. The molecule has 2 N–H and O–H groups in total. The maximum Gasteiger partial charge on any atom is 0.349 e. The van der Waals surface area contributed by atoms with Crippen LogP contribution >= 0.6 is 19.2 Å². The van der Waals surface area contributed by atoms with Gasteiger partial charge >= 0.3 is 7.60 Å². The van der Waals surface area contributed by atoms with Crippen LogP contribution < -0.4 is 0 Å². The molecule has 7 heteroatoms. The summed E-state index contributed by atoms with van der Waals surface area (Å²) in [6.45, 7) is 1.52. The number of likely N-dealkylation sites (N-methyl/N-ethyl adjacent to an activating group) is 1. The van der Waals surface area contributed by atoms with Gasteiger partial charge in [-0.2, -0.15) is 0 Å². The molecule has 0 atom stereocenters. The fourth-order valence-corrected chi connectivity index (χ4v) is 3.25. The van der Waals surface area contributed by atoms with Crippen molar-refractivity contribution in [1.29, 1.82) is 0 Å². The fourth-order valence-electron chi connectivity index (χ4n) is 2.67. The van der Waals surface area contributed by atoms with Crippen molar-refractivity contribution in [2.24, 2.45) is 0 Å². The summed E-state index contributed by atoms with van der Waals surface area (Å²) < 4.78 is 16.8. The molecule has 0 fully saturated rings. The second-order valence-corrected chi connectivity index (χ2v) is 7.12. The van der Waals surface area contributed by atoms with Gasteiger partial charge in [-0.3, -0.25) is 4.57 Å². The number of nitrogens with zero attached hydrogens (tertiary/aromatic N) is 1. The smallest absolute Gasteiger partial charge is 0.349 e. The minimum atomic E-state index is -4.21. The zero-order valence-corrected chi connectivity index (χ0v) is 13.1. The number of benzene rings is 1. The first-order valence-electron chi connectivity index (χ1n) is 6.51. The van der Waals surface area contributed by atoms with Crippen molar-refractivity contribution >= 4 is 36.2 Å². The molecule has 0 aliphatic carbocycles. The van der Waals surface area contributed by atoms with E-state index in [1.54, 1.807) is 12.1 Å². The average molecular weight is 328 g/mol. The molecule has 0 bridgehead atoms. The van der Waals surface area contributed by atoms with Gasteiger partial charge in [0.2, 0.25) is 0 Å². The molecule has 1 aromatic carbocycles. The molecule has 0 radical (unpaired) electrons. The van der Waals surface area contributed by atoms with Crippen molar-refractivity contribution in [3.05, 3.63) is 39.9 Å². The van der Waals surface area contributed by atoms with Gasteiger partial charge in [0.15, 0.2) is 0 Å². The fraction of sp³-hybridized carbons (Fsp3) is 0.286. The van der Waals surface area contributed by atoms with Crippen LogP contribution in [0.15, 0.2) is 22.4 Å². The van der Waals surface area contributed by atoms with Crippen molar-refractivity contribution in [1.82, 2.24) is 4.90 Å². The van der Waals surface area contributed by atoms with Crippen LogP contribution in [-0.4, -0.2) is 28.3 Å². The van der Waals surface area contributed by atoms with Crippen molar-refractivity contribution in [2.75, 3.05) is 13.6 Å². The molecule has 0 amide bonds. The standard InChI is InChI=1S/C14H15ClNO4P/c1-16-6-4-9-11(15)2-3-13-14(9)10(8-16)12(20-13)5-7-21(17,18)19/h2-3,5,7H,4,6,8H2,1H3,(H2,17,18,19)/b7-5+. The normalized spacial score (nSPS) is 16.8. The predicted octanol–water partition coefficient (Wildman–Crippen LogP) is 3.22. The SMILES string of the molecule is CN1CCc2c(Cl)ccc3oc(/C=C/P(=O)(O)O)c(c23)C1. The lowest BCUT2D eigenvalue weighted by Gasteiger charge is -2.12. The van der Waals surface area contributed by atoms with Crippen LogP contribution in [0.25, 0.3) is 17.0 Å². The number of furan rings is 1. The molecule has 0 saturated heterocycles. The molecule has 0 unspecified atom stereocenters. The molecular weight excluding hydrogens is 313 g/mol. The number of rotatable bonds is 2. The van der Waals surface area contributed by atoms with Crippen LogP contribution in [0.3, 0.4) is 0 Å². The lowest BCUT2D eigenvalue weighted by atomic mass is 10.0. The lowest BCUT2D eigenvalue weighted by Crippen LogP contribution is -2.18. The summed E-state index contributed by atoms with van der Waals surface area (Å²) in [5.41, 5.74) is 2.66. The van der Waals surface area contributed by atoms with Gasteiger partial charge in [-0.05, 0) is 37.2 Å². The van der Waals surface area contributed by atoms with Crippen molar-refractivity contribution in [3.63, 3.8) is 0 Å². The topological polar surface area (TPSA) is 73.9 Å². The highest BCUT2D eigenvalue weighted by atomic mass is 35.5. The molecule has 2 aromatic rings. The van der Waals surface area contributed by atoms with E-state index in [1.807, 2.05) is 7.05 Å². The highest BCUT2D eigenvalue weighted by Gasteiger charge is 2.22. The first-order chi connectivity index (χ1) is 9.85. The molecule has 112 valence electrons. The van der Waals surface area contributed by atoms with E-state index in [9.17, 15) is 4.57 Å². The van der Waals surface area contributed by atoms with E-state index in [0.717, 1.165) is 35.3 Å². The van der Waals surface area contributed by atoms with Crippen LogP contribution in [0, 0.1) is 0 Å². The Morgan fingerprint density at radius 2 is 2.14 bits per heavy atom. The molecule has 5 nitrogen and oxygen atoms in total. The summed E-state index contributed by atoms with van der Waals surface area (Å²) >= 11 is 6.29. The third-order valence-corrected chi connectivity index (χ3v) is 4.52. The number of hydrogen-bond acceptors (Lipinski definition) is 3. The van der Waals surface area contributed by atoms with Gasteiger partial charge in [0.1, 0.15) is 11.3 Å². The minimum absolute atomic E-state index is 0.477. The van der Waals surface area contributed by atoms with Crippen LogP contribution in [0.1, 0.15) is 16.9 Å². The first-order valence-corrected chi connectivity index (χ1v) is 8.57. The second-order valence-electron chi connectivity index (χ2n) is 5.24. The molecule has 1 aromatic heterocycles. The summed E-state index contributed by atoms with van der Waals surface area (Å²) in [5.74, 6) is 1.35. The van der Waals surface area contributed by atoms with E-state index in [4.69, 9.17) is 25.8 Å². The largest absolute Gasteiger partial charge is 0.456 e. The van der Waals surface area contributed by atoms with Crippen molar-refractivity contribution in [2.45, 2.75) is 13.0 Å². The van der Waals surface area contributed by atoms with Gasteiger partial charge in [0, 0.05) is 34.9 Å². The van der Waals surface area contributed by atoms with Crippen molar-refractivity contribution < 1.29 is 18.8 Å². The third-order valence-electron chi connectivity index (χ3n) is 3.63. The Morgan fingerprint density at radius 3 is 2.86 bits per heavy atom. The van der Waals surface area contributed by atoms with Gasteiger partial charge in [-0.15, -0.1) is 0 Å². The summed E-state index contributed by atoms with van der Waals surface area (Å²) in [5, 5.41) is 1.67. The Kier molecular flexibility index (Phi) is 3.72. The van der Waals surface area contributed by atoms with E-state index in [2.05, 4.69) is 4.90 Å². The molecule has 1 aliphatic rings. The van der Waals surface area contributed by atoms with E-state index < -0.39 is 7.60 Å². The molecule has 1 aliphatic heterocycles. The van der Waals surface area contributed by atoms with E-state index in [1.165, 1.54) is 6.08 Å². The number of halogens is 1. The second kappa shape index (κ2) is 5.27. The Bertz CT molecular complexity index is 777. The summed E-state index contributed by atoms with van der Waals surface area (Å²) in [6.07, 6.45) is 2.17. The molecule has 2 heterocycles. The molecule has 21 heavy (non-hydrogen) atoms. The van der Waals surface area contributed by atoms with Gasteiger partial charge in [0.05, 0.1) is 0 Å². The summed E-state index contributed by atoms with van der Waals surface area (Å²) in [4.78, 5) is 20.1. The Hall–Kier alpha value is -1.10. The predicted molar refractivity (Wildman–Crippen MR) is 82.3 cm³/mol. The monoisotopic (exact) mass is 327 g/mol. The first kappa shape index (κ1) is 14.8. The van der Waals surface area contributed by atoms with Gasteiger partial charge in [0.25, 0.3) is 0 Å². The summed E-state index contributed by atoms with van der Waals surface area (Å²) in [6, 6.07) is 3.60. The van der Waals surface area contributed by atoms with Crippen LogP contribution in [0.4, 0.5) is 0 Å². The van der Waals surface area contributed by atoms with Gasteiger partial charge in [-0.25, -0.2) is 0 Å². The highest BCUT2D eigenvalue weighted by molar-refractivity contribution is 7.55. The summed E-state index contributed by atoms with van der Waals surface area (Å²) in [7, 11) is -2.22. The van der Waals surface area contributed by atoms with Crippen molar-refractivity contribution in [3.8, 4) is 0 Å². The Morgan fingerprint density at radius 1 is 1.38 bits per heavy atom. The van der Waals surface area contributed by atoms with E-state index >= 15 is 0 Å². The van der Waals surface area contributed by atoms with Crippen LogP contribution in [-0.2, 0) is 17.5 Å². The minimum Gasteiger partial charge on any atom is -0.456 e. The third kappa shape index (κ3) is 2.93. The lowest BCUT2D eigenvalue weighted by molar-refractivity contribution is 0.334. The quantitative estimate of drug-likeness (QED) is 0.828. The Labute approximate surface area is 127 Å². The van der Waals surface area contributed by atoms with Gasteiger partial charge < -0.3 is 19.1 Å². The van der Waals surface area contributed by atoms with Crippen LogP contribution in [0.5, 0.6) is 0 Å².